The second-order valence-corrected chi connectivity index (χ2v) is 6.21. The summed E-state index contributed by atoms with van der Waals surface area (Å²) in [5.74, 6) is 0.860. The lowest BCUT2D eigenvalue weighted by Gasteiger charge is -2.31. The number of fused-ring (bicyclic) bond motifs is 1. The predicted octanol–water partition coefficient (Wildman–Crippen LogP) is 3.62. The van der Waals surface area contributed by atoms with Crippen molar-refractivity contribution in [2.45, 2.75) is 18.5 Å². The second-order valence-electron chi connectivity index (χ2n) is 5.81. The molecule has 0 amide bonds. The Morgan fingerprint density at radius 3 is 2.92 bits per heavy atom. The van der Waals surface area contributed by atoms with E-state index in [1.165, 1.54) is 6.07 Å². The molecule has 0 fully saturated rings. The molecule has 6 nitrogen and oxygen atoms in total. The number of hydrogen-bond donors (Lipinski definition) is 1. The number of ether oxygens (including phenoxy) is 1. The topological polar surface area (TPSA) is 64.9 Å². The summed E-state index contributed by atoms with van der Waals surface area (Å²) >= 11 is 6.28. The second kappa shape index (κ2) is 6.33. The van der Waals surface area contributed by atoms with E-state index in [0.717, 1.165) is 11.3 Å². The zero-order valence-corrected chi connectivity index (χ0v) is 14.1. The molecule has 2 aromatic carbocycles. The number of halogens is 2. The molecule has 25 heavy (non-hydrogen) atoms. The van der Waals surface area contributed by atoms with Gasteiger partial charge in [0.25, 0.3) is 0 Å². The molecule has 0 spiro atoms. The quantitative estimate of drug-likeness (QED) is 0.773. The summed E-state index contributed by atoms with van der Waals surface area (Å²) < 4.78 is 21.3. The van der Waals surface area contributed by atoms with Gasteiger partial charge in [0.1, 0.15) is 11.6 Å². The fraction of sp³-hybridized carbons (Fsp3) is 0.235. The Hall–Kier alpha value is -2.67. The first-order valence-corrected chi connectivity index (χ1v) is 8.17. The van der Waals surface area contributed by atoms with Crippen molar-refractivity contribution in [1.82, 2.24) is 20.2 Å². The summed E-state index contributed by atoms with van der Waals surface area (Å²) in [5, 5.41) is 15.4. The van der Waals surface area contributed by atoms with E-state index < -0.39 is 6.04 Å². The third-order valence-electron chi connectivity index (χ3n) is 4.38. The molecular weight excluding hydrogens is 345 g/mol. The number of benzene rings is 2. The van der Waals surface area contributed by atoms with Crippen LogP contribution in [0, 0.1) is 5.82 Å². The summed E-state index contributed by atoms with van der Waals surface area (Å²) in [4.78, 5) is 0. The van der Waals surface area contributed by atoms with Crippen molar-refractivity contribution in [1.29, 1.82) is 0 Å². The van der Waals surface area contributed by atoms with Crippen molar-refractivity contribution in [2.75, 3.05) is 12.4 Å². The molecule has 1 aliphatic heterocycles. The van der Waals surface area contributed by atoms with Crippen molar-refractivity contribution >= 4 is 17.5 Å². The van der Waals surface area contributed by atoms with Crippen LogP contribution in [0.4, 0.5) is 10.3 Å². The Labute approximate surface area is 148 Å². The number of hydrogen-bond acceptors (Lipinski definition) is 5. The van der Waals surface area contributed by atoms with Gasteiger partial charge in [0.2, 0.25) is 5.95 Å². The first-order chi connectivity index (χ1) is 12.2. The lowest BCUT2D eigenvalue weighted by molar-refractivity contribution is 0.403. The van der Waals surface area contributed by atoms with E-state index in [-0.39, 0.29) is 11.9 Å². The van der Waals surface area contributed by atoms with Crippen LogP contribution in [0.25, 0.3) is 0 Å². The van der Waals surface area contributed by atoms with E-state index in [1.807, 2.05) is 24.3 Å². The predicted molar refractivity (Wildman–Crippen MR) is 91.3 cm³/mol. The van der Waals surface area contributed by atoms with Gasteiger partial charge in [-0.05, 0) is 46.7 Å². The Balaban J connectivity index is 1.78. The number of nitrogens with one attached hydrogen (secondary N) is 1. The first-order valence-electron chi connectivity index (χ1n) is 7.79. The molecule has 2 heterocycles. The highest BCUT2D eigenvalue weighted by Crippen LogP contribution is 2.40. The number of tetrazole rings is 1. The van der Waals surface area contributed by atoms with Gasteiger partial charge >= 0.3 is 0 Å². The van der Waals surface area contributed by atoms with Gasteiger partial charge in [-0.25, -0.2) is 9.07 Å². The summed E-state index contributed by atoms with van der Waals surface area (Å²) in [6.45, 7) is 0. The average molecular weight is 360 g/mol. The van der Waals surface area contributed by atoms with Gasteiger partial charge in [-0.1, -0.05) is 34.9 Å². The normalized spacial score (nSPS) is 19.2. The largest absolute Gasteiger partial charge is 0.497 e. The van der Waals surface area contributed by atoms with Crippen LogP contribution in [-0.4, -0.2) is 27.3 Å². The molecule has 0 unspecified atom stereocenters. The van der Waals surface area contributed by atoms with Crippen molar-refractivity contribution in [3.63, 3.8) is 0 Å². The average Bonchev–Trinajstić information content (AvgIpc) is 3.10. The monoisotopic (exact) mass is 359 g/mol. The van der Waals surface area contributed by atoms with Gasteiger partial charge in [-0.3, -0.25) is 0 Å². The van der Waals surface area contributed by atoms with E-state index in [9.17, 15) is 4.39 Å². The molecule has 0 saturated heterocycles. The van der Waals surface area contributed by atoms with E-state index in [1.54, 1.807) is 23.9 Å². The van der Waals surface area contributed by atoms with Crippen LogP contribution in [0.1, 0.15) is 29.6 Å². The molecule has 2 atom stereocenters. The van der Waals surface area contributed by atoms with Gasteiger partial charge in [0.05, 0.1) is 19.2 Å². The Morgan fingerprint density at radius 2 is 2.12 bits per heavy atom. The number of methoxy groups -OCH3 is 1. The fourth-order valence-electron chi connectivity index (χ4n) is 3.18. The third-order valence-corrected chi connectivity index (χ3v) is 4.71. The van der Waals surface area contributed by atoms with Crippen LogP contribution >= 0.6 is 11.6 Å². The van der Waals surface area contributed by atoms with E-state index >= 15 is 0 Å². The highest BCUT2D eigenvalue weighted by Gasteiger charge is 2.33. The van der Waals surface area contributed by atoms with Crippen LogP contribution in [0.2, 0.25) is 5.02 Å². The molecule has 0 radical (unpaired) electrons. The summed E-state index contributed by atoms with van der Waals surface area (Å²) in [7, 11) is 1.62. The molecule has 4 rings (SSSR count). The van der Waals surface area contributed by atoms with Crippen LogP contribution < -0.4 is 10.1 Å². The van der Waals surface area contributed by atoms with Gasteiger partial charge < -0.3 is 10.1 Å². The molecule has 8 heteroatoms. The van der Waals surface area contributed by atoms with Gasteiger partial charge in [0, 0.05) is 10.6 Å². The molecule has 1 aliphatic rings. The standard InChI is InChI=1S/C17H15ClFN5O/c1-25-11-5-2-4-10(8-11)14-9-15(24-17(20-14)21-22-23-24)16-12(18)6-3-7-13(16)19/h2-8,14-15H,9H2,1H3,(H,20,21,23)/t14-,15+/m0/s1. The van der Waals surface area contributed by atoms with Crippen molar-refractivity contribution in [3.05, 3.63) is 64.4 Å². The molecular formula is C17H15ClFN5O. The number of aromatic nitrogens is 4. The Morgan fingerprint density at radius 1 is 1.28 bits per heavy atom. The van der Waals surface area contributed by atoms with Crippen LogP contribution in [0.15, 0.2) is 42.5 Å². The van der Waals surface area contributed by atoms with E-state index in [4.69, 9.17) is 16.3 Å². The maximum absolute atomic E-state index is 14.5. The van der Waals surface area contributed by atoms with Crippen LogP contribution in [0.5, 0.6) is 5.75 Å². The van der Waals surface area contributed by atoms with Crippen molar-refractivity contribution in [2.24, 2.45) is 0 Å². The van der Waals surface area contributed by atoms with E-state index in [0.29, 0.717) is 23.0 Å². The van der Waals surface area contributed by atoms with E-state index in [2.05, 4.69) is 20.8 Å². The zero-order valence-electron chi connectivity index (χ0n) is 13.4. The SMILES string of the molecule is COc1cccc([C@@H]2C[C@H](c3c(F)cccc3Cl)n3nnnc3N2)c1. The Bertz CT molecular complexity index is 895. The Kier molecular flexibility index (Phi) is 4.01. The highest BCUT2D eigenvalue weighted by atomic mass is 35.5. The molecule has 0 saturated carbocycles. The van der Waals surface area contributed by atoms with Crippen molar-refractivity contribution in [3.8, 4) is 5.75 Å². The number of nitrogens with zero attached hydrogens (tertiary/aromatic N) is 4. The van der Waals surface area contributed by atoms with Crippen LogP contribution in [0.3, 0.4) is 0 Å². The molecule has 1 N–H and O–H groups in total. The van der Waals surface area contributed by atoms with Crippen LogP contribution in [-0.2, 0) is 0 Å². The molecule has 1 aromatic heterocycles. The lowest BCUT2D eigenvalue weighted by atomic mass is 9.93. The minimum atomic E-state index is -0.406. The lowest BCUT2D eigenvalue weighted by Crippen LogP contribution is -2.28. The maximum Gasteiger partial charge on any atom is 0.243 e. The third kappa shape index (κ3) is 2.80. The summed E-state index contributed by atoms with van der Waals surface area (Å²) in [5.41, 5.74) is 1.40. The van der Waals surface area contributed by atoms with Gasteiger partial charge in [-0.2, -0.15) is 0 Å². The number of rotatable bonds is 3. The summed E-state index contributed by atoms with van der Waals surface area (Å²) in [6, 6.07) is 11.9. The minimum Gasteiger partial charge on any atom is -0.497 e. The number of anilines is 1. The molecule has 128 valence electrons. The van der Waals surface area contributed by atoms with Crippen molar-refractivity contribution < 1.29 is 9.13 Å². The first kappa shape index (κ1) is 15.8. The molecule has 0 aliphatic carbocycles. The summed E-state index contributed by atoms with van der Waals surface area (Å²) in [6.07, 6.45) is 0.547. The minimum absolute atomic E-state index is 0.103. The molecule has 0 bridgehead atoms. The fourth-order valence-corrected chi connectivity index (χ4v) is 3.47. The maximum atomic E-state index is 14.5. The smallest absolute Gasteiger partial charge is 0.243 e. The van der Waals surface area contributed by atoms with Gasteiger partial charge in [0.15, 0.2) is 0 Å². The van der Waals surface area contributed by atoms with Gasteiger partial charge in [-0.15, -0.1) is 0 Å². The highest BCUT2D eigenvalue weighted by molar-refractivity contribution is 6.31. The molecule has 3 aromatic rings. The zero-order chi connectivity index (χ0) is 17.4.